The molecule has 26 heavy (non-hydrogen) atoms. The van der Waals surface area contributed by atoms with Crippen molar-refractivity contribution >= 4 is 12.3 Å². The van der Waals surface area contributed by atoms with Crippen molar-refractivity contribution in [2.75, 3.05) is 6.61 Å². The molecule has 0 N–H and O–H groups in total. The van der Waals surface area contributed by atoms with Gasteiger partial charge < -0.3 is 18.9 Å². The smallest absolute Gasteiger partial charge is 0.434 e. The third-order valence-electron chi connectivity index (χ3n) is 5.16. The van der Waals surface area contributed by atoms with Crippen LogP contribution >= 0.6 is 0 Å². The standard InChI is InChI=1S/C20H34O6/c1-2-9-16(25-20(22)26-18-12-7-4-8-13-18)14-15-23-19(21)24-17-10-5-3-6-11-17/h16-18H,2-15H2,1H3. The molecule has 0 aromatic carbocycles. The molecule has 0 spiro atoms. The summed E-state index contributed by atoms with van der Waals surface area (Å²) in [5, 5.41) is 0. The molecule has 1 unspecified atom stereocenters. The van der Waals surface area contributed by atoms with Crippen LogP contribution in [0.1, 0.15) is 90.4 Å². The van der Waals surface area contributed by atoms with Gasteiger partial charge in [-0.05, 0) is 57.8 Å². The Morgan fingerprint density at radius 3 is 1.88 bits per heavy atom. The Morgan fingerprint density at radius 2 is 1.35 bits per heavy atom. The summed E-state index contributed by atoms with van der Waals surface area (Å²) in [5.74, 6) is 0. The Morgan fingerprint density at radius 1 is 0.808 bits per heavy atom. The molecule has 1 atom stereocenters. The predicted octanol–water partition coefficient (Wildman–Crippen LogP) is 5.52. The molecular formula is C20H34O6. The van der Waals surface area contributed by atoms with Crippen LogP contribution in [0.4, 0.5) is 9.59 Å². The average Bonchev–Trinajstić information content (AvgIpc) is 2.63. The molecule has 2 aliphatic rings. The summed E-state index contributed by atoms with van der Waals surface area (Å²) in [4.78, 5) is 23.7. The zero-order valence-corrected chi connectivity index (χ0v) is 16.1. The van der Waals surface area contributed by atoms with E-state index in [1.54, 1.807) is 0 Å². The lowest BCUT2D eigenvalue weighted by Crippen LogP contribution is -2.27. The first kappa shape index (κ1) is 20.8. The van der Waals surface area contributed by atoms with Gasteiger partial charge in [-0.15, -0.1) is 0 Å². The highest BCUT2D eigenvalue weighted by Crippen LogP contribution is 2.22. The third-order valence-corrected chi connectivity index (χ3v) is 5.16. The van der Waals surface area contributed by atoms with E-state index in [1.807, 2.05) is 6.92 Å². The van der Waals surface area contributed by atoms with Gasteiger partial charge >= 0.3 is 12.3 Å². The van der Waals surface area contributed by atoms with Crippen molar-refractivity contribution in [3.05, 3.63) is 0 Å². The van der Waals surface area contributed by atoms with Crippen LogP contribution in [-0.2, 0) is 18.9 Å². The number of carbonyl (C=O) groups excluding carboxylic acids is 2. The second-order valence-electron chi connectivity index (χ2n) is 7.42. The van der Waals surface area contributed by atoms with E-state index >= 15 is 0 Å². The second kappa shape index (κ2) is 12.0. The van der Waals surface area contributed by atoms with Crippen LogP contribution in [0, 0.1) is 0 Å². The van der Waals surface area contributed by atoms with E-state index in [2.05, 4.69) is 0 Å². The molecule has 2 rings (SSSR count). The summed E-state index contributed by atoms with van der Waals surface area (Å²) >= 11 is 0. The Labute approximate surface area is 156 Å². The van der Waals surface area contributed by atoms with Crippen molar-refractivity contribution in [1.29, 1.82) is 0 Å². The van der Waals surface area contributed by atoms with Crippen LogP contribution in [0.3, 0.4) is 0 Å². The van der Waals surface area contributed by atoms with Gasteiger partial charge in [0, 0.05) is 6.42 Å². The lowest BCUT2D eigenvalue weighted by molar-refractivity contribution is -0.0243. The molecule has 2 fully saturated rings. The topological polar surface area (TPSA) is 71.1 Å². The van der Waals surface area contributed by atoms with Gasteiger partial charge in [0.05, 0.1) is 6.61 Å². The maximum atomic E-state index is 12.0. The molecule has 150 valence electrons. The Hall–Kier alpha value is -1.46. The summed E-state index contributed by atoms with van der Waals surface area (Å²) in [5.41, 5.74) is 0. The molecule has 6 nitrogen and oxygen atoms in total. The molecule has 0 bridgehead atoms. The van der Waals surface area contributed by atoms with Gasteiger partial charge in [0.15, 0.2) is 0 Å². The fourth-order valence-electron chi connectivity index (χ4n) is 3.69. The lowest BCUT2D eigenvalue weighted by Gasteiger charge is -2.24. The van der Waals surface area contributed by atoms with Gasteiger partial charge in [0.25, 0.3) is 0 Å². The Kier molecular flexibility index (Phi) is 9.64. The fraction of sp³-hybridized carbons (Fsp3) is 0.900. The number of rotatable bonds is 8. The Bertz CT molecular complexity index is 413. The third kappa shape index (κ3) is 8.28. The summed E-state index contributed by atoms with van der Waals surface area (Å²) in [7, 11) is 0. The number of hydrogen-bond acceptors (Lipinski definition) is 6. The van der Waals surface area contributed by atoms with E-state index in [-0.39, 0.29) is 24.9 Å². The number of ether oxygens (including phenoxy) is 4. The lowest BCUT2D eigenvalue weighted by atomic mass is 9.98. The van der Waals surface area contributed by atoms with Crippen LogP contribution in [0.2, 0.25) is 0 Å². The number of hydrogen-bond donors (Lipinski definition) is 0. The summed E-state index contributed by atoms with van der Waals surface area (Å²) < 4.78 is 21.3. The molecule has 2 aliphatic carbocycles. The highest BCUT2D eigenvalue weighted by atomic mass is 16.7. The van der Waals surface area contributed by atoms with Gasteiger partial charge in [-0.1, -0.05) is 26.2 Å². The minimum Gasteiger partial charge on any atom is -0.434 e. The first-order valence-corrected chi connectivity index (χ1v) is 10.4. The van der Waals surface area contributed by atoms with Crippen LogP contribution in [-0.4, -0.2) is 37.2 Å². The monoisotopic (exact) mass is 370 g/mol. The Balaban J connectivity index is 1.62. The normalized spacial score (nSPS) is 20.2. The molecule has 6 heteroatoms. The minimum absolute atomic E-state index is 0.00981. The maximum Gasteiger partial charge on any atom is 0.508 e. The van der Waals surface area contributed by atoms with Crippen LogP contribution < -0.4 is 0 Å². The molecule has 2 saturated carbocycles. The minimum atomic E-state index is -0.614. The van der Waals surface area contributed by atoms with E-state index < -0.39 is 12.3 Å². The zero-order chi connectivity index (χ0) is 18.6. The van der Waals surface area contributed by atoms with Crippen molar-refractivity contribution in [2.45, 2.75) is 109 Å². The molecule has 0 aromatic rings. The van der Waals surface area contributed by atoms with Crippen LogP contribution in [0.15, 0.2) is 0 Å². The number of carbonyl (C=O) groups is 2. The zero-order valence-electron chi connectivity index (χ0n) is 16.1. The summed E-state index contributed by atoms with van der Waals surface area (Å²) in [6.45, 7) is 2.22. The van der Waals surface area contributed by atoms with Crippen molar-refractivity contribution in [1.82, 2.24) is 0 Å². The van der Waals surface area contributed by atoms with E-state index in [0.717, 1.165) is 64.2 Å². The van der Waals surface area contributed by atoms with Gasteiger partial charge in [-0.2, -0.15) is 0 Å². The van der Waals surface area contributed by atoms with Gasteiger partial charge in [0.2, 0.25) is 0 Å². The van der Waals surface area contributed by atoms with Crippen molar-refractivity contribution in [2.24, 2.45) is 0 Å². The van der Waals surface area contributed by atoms with Crippen molar-refractivity contribution < 1.29 is 28.5 Å². The van der Waals surface area contributed by atoms with E-state index in [4.69, 9.17) is 18.9 Å². The molecule has 0 radical (unpaired) electrons. The molecular weight excluding hydrogens is 336 g/mol. The fourth-order valence-corrected chi connectivity index (χ4v) is 3.69. The van der Waals surface area contributed by atoms with Gasteiger partial charge in [-0.3, -0.25) is 0 Å². The van der Waals surface area contributed by atoms with Crippen molar-refractivity contribution in [3.63, 3.8) is 0 Å². The molecule has 0 heterocycles. The van der Waals surface area contributed by atoms with Crippen LogP contribution in [0.25, 0.3) is 0 Å². The van der Waals surface area contributed by atoms with E-state index in [1.165, 1.54) is 12.8 Å². The van der Waals surface area contributed by atoms with Gasteiger partial charge in [0.1, 0.15) is 18.3 Å². The molecule has 0 amide bonds. The average molecular weight is 370 g/mol. The van der Waals surface area contributed by atoms with Gasteiger partial charge in [-0.25, -0.2) is 9.59 Å². The summed E-state index contributed by atoms with van der Waals surface area (Å²) in [6, 6.07) is 0. The first-order chi connectivity index (χ1) is 12.7. The molecule has 0 aromatic heterocycles. The molecule has 0 aliphatic heterocycles. The summed E-state index contributed by atoms with van der Waals surface area (Å²) in [6.07, 6.45) is 11.1. The largest absolute Gasteiger partial charge is 0.508 e. The predicted molar refractivity (Wildman–Crippen MR) is 97.1 cm³/mol. The van der Waals surface area contributed by atoms with E-state index in [9.17, 15) is 9.59 Å². The van der Waals surface area contributed by atoms with Crippen molar-refractivity contribution in [3.8, 4) is 0 Å². The molecule has 0 saturated heterocycles. The SMILES string of the molecule is CCCC(CCOC(=O)OC1CCCCC1)OC(=O)OC1CCCCC1. The first-order valence-electron chi connectivity index (χ1n) is 10.4. The highest BCUT2D eigenvalue weighted by Gasteiger charge is 2.22. The second-order valence-corrected chi connectivity index (χ2v) is 7.42. The van der Waals surface area contributed by atoms with E-state index in [0.29, 0.717) is 6.42 Å². The highest BCUT2D eigenvalue weighted by molar-refractivity contribution is 5.60. The van der Waals surface area contributed by atoms with Crippen LogP contribution in [0.5, 0.6) is 0 Å². The quantitative estimate of drug-likeness (QED) is 0.524. The maximum absolute atomic E-state index is 12.0.